The summed E-state index contributed by atoms with van der Waals surface area (Å²) in [4.78, 5) is 23.4. The first-order valence-corrected chi connectivity index (χ1v) is 10.5. The molecule has 28 heavy (non-hydrogen) atoms. The number of nitrogens with one attached hydrogen (secondary N) is 1. The van der Waals surface area contributed by atoms with E-state index in [2.05, 4.69) is 19.2 Å². The summed E-state index contributed by atoms with van der Waals surface area (Å²) < 4.78 is 10.7. The number of hydrogen-bond donors (Lipinski definition) is 1. The number of carbonyl (C=O) groups excluding carboxylic acids is 2. The second-order valence-corrected chi connectivity index (χ2v) is 6.77. The van der Waals surface area contributed by atoms with E-state index in [0.717, 1.165) is 12.8 Å². The Bertz CT molecular complexity index is 363. The van der Waals surface area contributed by atoms with E-state index in [4.69, 9.17) is 9.47 Å². The quantitative estimate of drug-likeness (QED) is 0.167. The van der Waals surface area contributed by atoms with Crippen LogP contribution in [0.3, 0.4) is 0 Å². The van der Waals surface area contributed by atoms with Gasteiger partial charge < -0.3 is 9.47 Å². The Morgan fingerprint density at radius 1 is 0.750 bits per heavy atom. The van der Waals surface area contributed by atoms with Crippen LogP contribution in [0.1, 0.15) is 104 Å². The van der Waals surface area contributed by atoms with Gasteiger partial charge in [-0.2, -0.15) is 0 Å². The second-order valence-electron chi connectivity index (χ2n) is 6.77. The summed E-state index contributed by atoms with van der Waals surface area (Å²) in [6.07, 6.45) is 13.1. The molecule has 0 aliphatic carbocycles. The van der Waals surface area contributed by atoms with Crippen LogP contribution in [0.4, 0.5) is 0 Å². The van der Waals surface area contributed by atoms with Crippen LogP contribution in [-0.2, 0) is 19.1 Å². The molecule has 0 amide bonds. The van der Waals surface area contributed by atoms with Crippen LogP contribution in [-0.4, -0.2) is 83.5 Å². The van der Waals surface area contributed by atoms with E-state index < -0.39 is 17.8 Å². The molecule has 0 atom stereocenters. The molecule has 0 aromatic rings. The molecule has 7 heteroatoms. The molecule has 0 aliphatic rings. The van der Waals surface area contributed by atoms with E-state index in [1.54, 1.807) is 13.8 Å². The summed E-state index contributed by atoms with van der Waals surface area (Å²) in [5.41, 5.74) is 0. The average molecular weight is 419 g/mol. The fourth-order valence-electron chi connectivity index (χ4n) is 2.69. The van der Waals surface area contributed by atoms with Gasteiger partial charge >= 0.3 is 77.0 Å². The van der Waals surface area contributed by atoms with Crippen LogP contribution in [0, 0.1) is 6.92 Å². The zero-order valence-corrected chi connectivity index (χ0v) is 17.2. The zero-order chi connectivity index (χ0) is 19.7. The van der Waals surface area contributed by atoms with Crippen molar-refractivity contribution in [2.75, 3.05) is 6.54 Å². The van der Waals surface area contributed by atoms with Crippen molar-refractivity contribution >= 4 is 71.1 Å². The van der Waals surface area contributed by atoms with Crippen molar-refractivity contribution in [2.45, 2.75) is 110 Å². The SMILES string of the molecule is [CH2]CC(NCCCCCCCCCCCC)(OC(=O)CC)OC(=O)CC.[NaH].[NaH]. The van der Waals surface area contributed by atoms with Gasteiger partial charge in [0.05, 0.1) is 0 Å². The third kappa shape index (κ3) is 17.7. The van der Waals surface area contributed by atoms with Crippen molar-refractivity contribution in [2.24, 2.45) is 0 Å². The molecule has 1 N–H and O–H groups in total. The van der Waals surface area contributed by atoms with E-state index in [9.17, 15) is 9.59 Å². The van der Waals surface area contributed by atoms with Gasteiger partial charge in [-0.05, 0) is 13.3 Å². The van der Waals surface area contributed by atoms with E-state index >= 15 is 0 Å². The third-order valence-corrected chi connectivity index (χ3v) is 4.39. The Kier molecular flexibility index (Phi) is 27.0. The number of carbonyl (C=O) groups is 2. The second kappa shape index (κ2) is 22.6. The molecule has 1 radical (unpaired) electrons. The summed E-state index contributed by atoms with van der Waals surface area (Å²) in [6, 6.07) is 0. The van der Waals surface area contributed by atoms with Gasteiger partial charge in [0.1, 0.15) is 0 Å². The van der Waals surface area contributed by atoms with E-state index in [1.165, 1.54) is 51.4 Å². The fraction of sp³-hybridized carbons (Fsp3) is 0.857. The maximum absolute atomic E-state index is 11.7. The van der Waals surface area contributed by atoms with E-state index in [0.29, 0.717) is 6.54 Å². The monoisotopic (exact) mass is 418 g/mol. The third-order valence-electron chi connectivity index (χ3n) is 4.39. The molecule has 0 aromatic heterocycles. The summed E-state index contributed by atoms with van der Waals surface area (Å²) >= 11 is 0. The van der Waals surface area contributed by atoms with E-state index in [-0.39, 0.29) is 78.4 Å². The summed E-state index contributed by atoms with van der Waals surface area (Å²) in [6.45, 7) is 10.1. The molecule has 0 fully saturated rings. The maximum atomic E-state index is 11.7. The number of esters is 2. The minimum atomic E-state index is -1.43. The summed E-state index contributed by atoms with van der Waals surface area (Å²) in [5.74, 6) is -2.25. The zero-order valence-electron chi connectivity index (χ0n) is 17.2. The van der Waals surface area contributed by atoms with Crippen molar-refractivity contribution in [3.63, 3.8) is 0 Å². The molecule has 0 unspecified atom stereocenters. The van der Waals surface area contributed by atoms with Crippen LogP contribution in [0.2, 0.25) is 0 Å². The van der Waals surface area contributed by atoms with Gasteiger partial charge in [0, 0.05) is 25.8 Å². The van der Waals surface area contributed by atoms with Crippen molar-refractivity contribution in [3.05, 3.63) is 6.92 Å². The number of hydrogen-bond acceptors (Lipinski definition) is 5. The molecule has 0 saturated carbocycles. The Morgan fingerprint density at radius 2 is 1.14 bits per heavy atom. The standard InChI is InChI=1S/C21H40NO4.2Na.2H/c1-5-9-10-11-12-13-14-15-16-17-18-22-21(8-4,25-19(23)6-2)26-20(24)7-3;;;;/h22H,4-18H2,1-3H3;;;;. The number of ether oxygens (including phenoxy) is 2. The van der Waals surface area contributed by atoms with Crippen LogP contribution in [0.25, 0.3) is 0 Å². The van der Waals surface area contributed by atoms with Crippen molar-refractivity contribution in [1.82, 2.24) is 5.32 Å². The Balaban J connectivity index is -0.00000312. The molecule has 157 valence electrons. The van der Waals surface area contributed by atoms with Gasteiger partial charge in [-0.3, -0.25) is 9.59 Å². The Hall–Kier alpha value is 0.900. The minimum absolute atomic E-state index is 0. The van der Waals surface area contributed by atoms with Crippen molar-refractivity contribution < 1.29 is 19.1 Å². The molecule has 0 aromatic carbocycles. The topological polar surface area (TPSA) is 64.6 Å². The van der Waals surface area contributed by atoms with Gasteiger partial charge in [-0.15, -0.1) is 0 Å². The predicted molar refractivity (Wildman–Crippen MR) is 120 cm³/mol. The first-order chi connectivity index (χ1) is 12.5. The molecule has 0 aliphatic heterocycles. The Labute approximate surface area is 217 Å². The first-order valence-electron chi connectivity index (χ1n) is 10.5. The van der Waals surface area contributed by atoms with Crippen LogP contribution >= 0.6 is 0 Å². The van der Waals surface area contributed by atoms with Gasteiger partial charge in [-0.25, -0.2) is 5.32 Å². The predicted octanol–water partition coefficient (Wildman–Crippen LogP) is 3.98. The van der Waals surface area contributed by atoms with Gasteiger partial charge in [0.2, 0.25) is 0 Å². The van der Waals surface area contributed by atoms with Gasteiger partial charge in [0.15, 0.2) is 0 Å². The molecular formula is C21H42NNa2O4. The van der Waals surface area contributed by atoms with Crippen LogP contribution in [0.15, 0.2) is 0 Å². The number of rotatable bonds is 17. The fourth-order valence-corrected chi connectivity index (χ4v) is 2.69. The summed E-state index contributed by atoms with van der Waals surface area (Å²) in [5, 5.41) is 3.09. The number of unbranched alkanes of at least 4 members (excludes halogenated alkanes) is 9. The van der Waals surface area contributed by atoms with Crippen LogP contribution in [0.5, 0.6) is 0 Å². The van der Waals surface area contributed by atoms with E-state index in [1.807, 2.05) is 0 Å². The van der Waals surface area contributed by atoms with Gasteiger partial charge in [0.25, 0.3) is 0 Å². The van der Waals surface area contributed by atoms with Gasteiger partial charge in [-0.1, -0.05) is 78.6 Å². The van der Waals surface area contributed by atoms with Crippen LogP contribution < -0.4 is 5.32 Å². The average Bonchev–Trinajstić information content (AvgIpc) is 2.65. The molecule has 0 saturated heterocycles. The molecule has 0 heterocycles. The van der Waals surface area contributed by atoms with Crippen molar-refractivity contribution in [3.8, 4) is 0 Å². The first kappa shape index (κ1) is 33.5. The molecule has 5 nitrogen and oxygen atoms in total. The normalized spacial score (nSPS) is 10.6. The Morgan fingerprint density at radius 3 is 1.50 bits per heavy atom. The van der Waals surface area contributed by atoms with Crippen molar-refractivity contribution in [1.29, 1.82) is 0 Å². The molecular weight excluding hydrogens is 376 g/mol. The summed E-state index contributed by atoms with van der Waals surface area (Å²) in [7, 11) is 0. The molecule has 0 spiro atoms. The molecule has 0 bridgehead atoms. The molecule has 0 rings (SSSR count).